The largest absolute Gasteiger partial charge is 0.463 e. The van der Waals surface area contributed by atoms with Crippen LogP contribution in [0, 0.1) is 0 Å². The lowest BCUT2D eigenvalue weighted by atomic mass is 9.86. The SMILES string of the molecule is CCc1ccc(C(O)Cc2ccc(C(C)(C)C)cc2)o1. The summed E-state index contributed by atoms with van der Waals surface area (Å²) in [4.78, 5) is 0. The van der Waals surface area contributed by atoms with Crippen molar-refractivity contribution in [2.75, 3.05) is 0 Å². The van der Waals surface area contributed by atoms with E-state index in [0.717, 1.165) is 17.7 Å². The van der Waals surface area contributed by atoms with E-state index in [4.69, 9.17) is 4.42 Å². The fourth-order valence-corrected chi connectivity index (χ4v) is 2.23. The van der Waals surface area contributed by atoms with Crippen LogP contribution in [0.4, 0.5) is 0 Å². The van der Waals surface area contributed by atoms with Gasteiger partial charge in [-0.3, -0.25) is 0 Å². The molecule has 0 saturated carbocycles. The predicted molar refractivity (Wildman–Crippen MR) is 81.9 cm³/mol. The van der Waals surface area contributed by atoms with Gasteiger partial charge in [-0.05, 0) is 28.7 Å². The summed E-state index contributed by atoms with van der Waals surface area (Å²) in [6.07, 6.45) is 0.865. The quantitative estimate of drug-likeness (QED) is 0.894. The molecule has 0 spiro atoms. The van der Waals surface area contributed by atoms with Crippen LogP contribution in [-0.4, -0.2) is 5.11 Å². The van der Waals surface area contributed by atoms with Gasteiger partial charge in [-0.25, -0.2) is 0 Å². The Morgan fingerprint density at radius 1 is 1.05 bits per heavy atom. The van der Waals surface area contributed by atoms with Crippen molar-refractivity contribution in [3.05, 3.63) is 59.0 Å². The van der Waals surface area contributed by atoms with Crippen molar-refractivity contribution in [2.45, 2.75) is 52.1 Å². The number of benzene rings is 1. The van der Waals surface area contributed by atoms with Crippen LogP contribution in [0.2, 0.25) is 0 Å². The lowest BCUT2D eigenvalue weighted by molar-refractivity contribution is 0.148. The van der Waals surface area contributed by atoms with E-state index in [0.29, 0.717) is 12.2 Å². The molecule has 1 heterocycles. The summed E-state index contributed by atoms with van der Waals surface area (Å²) in [5.41, 5.74) is 2.59. The second-order valence-corrected chi connectivity index (χ2v) is 6.32. The predicted octanol–water partition coefficient (Wildman–Crippen LogP) is 4.42. The highest BCUT2D eigenvalue weighted by atomic mass is 16.4. The molecule has 2 heteroatoms. The van der Waals surface area contributed by atoms with Crippen LogP contribution in [0.15, 0.2) is 40.8 Å². The Kier molecular flexibility index (Phi) is 4.34. The topological polar surface area (TPSA) is 33.4 Å². The Hall–Kier alpha value is -1.54. The fourth-order valence-electron chi connectivity index (χ4n) is 2.23. The number of rotatable bonds is 4. The highest BCUT2D eigenvalue weighted by molar-refractivity contribution is 5.28. The monoisotopic (exact) mass is 272 g/mol. The van der Waals surface area contributed by atoms with Gasteiger partial charge in [-0.15, -0.1) is 0 Å². The van der Waals surface area contributed by atoms with Gasteiger partial charge in [0.25, 0.3) is 0 Å². The second kappa shape index (κ2) is 5.84. The molecule has 2 aromatic rings. The molecule has 0 aliphatic rings. The molecule has 0 bridgehead atoms. The molecular weight excluding hydrogens is 248 g/mol. The molecule has 0 fully saturated rings. The summed E-state index contributed by atoms with van der Waals surface area (Å²) >= 11 is 0. The molecular formula is C18H24O2. The fraction of sp³-hybridized carbons (Fsp3) is 0.444. The molecule has 2 rings (SSSR count). The summed E-state index contributed by atoms with van der Waals surface area (Å²) in [6, 6.07) is 12.3. The summed E-state index contributed by atoms with van der Waals surface area (Å²) in [5, 5.41) is 10.2. The highest BCUT2D eigenvalue weighted by Crippen LogP contribution is 2.25. The van der Waals surface area contributed by atoms with Gasteiger partial charge in [-0.1, -0.05) is 52.0 Å². The maximum Gasteiger partial charge on any atom is 0.133 e. The number of hydrogen-bond donors (Lipinski definition) is 1. The number of aryl methyl sites for hydroxylation is 1. The van der Waals surface area contributed by atoms with Gasteiger partial charge in [0.1, 0.15) is 17.6 Å². The minimum Gasteiger partial charge on any atom is -0.463 e. The van der Waals surface area contributed by atoms with Crippen LogP contribution in [0.5, 0.6) is 0 Å². The molecule has 20 heavy (non-hydrogen) atoms. The molecule has 0 radical (unpaired) electrons. The molecule has 0 aliphatic heterocycles. The molecule has 0 aliphatic carbocycles. The molecule has 1 unspecified atom stereocenters. The molecule has 1 atom stereocenters. The maximum absolute atomic E-state index is 10.2. The lowest BCUT2D eigenvalue weighted by Gasteiger charge is -2.19. The van der Waals surface area contributed by atoms with Crippen LogP contribution in [0.3, 0.4) is 0 Å². The Bertz CT molecular complexity index is 544. The first-order chi connectivity index (χ1) is 9.40. The number of hydrogen-bond acceptors (Lipinski definition) is 2. The van der Waals surface area contributed by atoms with Crippen LogP contribution in [0.1, 0.15) is 56.4 Å². The molecule has 1 N–H and O–H groups in total. The van der Waals surface area contributed by atoms with Gasteiger partial charge in [0.05, 0.1) is 0 Å². The first-order valence-electron chi connectivity index (χ1n) is 7.26. The molecule has 2 nitrogen and oxygen atoms in total. The Balaban J connectivity index is 2.06. The maximum atomic E-state index is 10.2. The Morgan fingerprint density at radius 2 is 1.70 bits per heavy atom. The smallest absolute Gasteiger partial charge is 0.133 e. The second-order valence-electron chi connectivity index (χ2n) is 6.32. The third-order valence-corrected chi connectivity index (χ3v) is 3.61. The molecule has 1 aromatic heterocycles. The van der Waals surface area contributed by atoms with Crippen molar-refractivity contribution in [3.8, 4) is 0 Å². The van der Waals surface area contributed by atoms with Crippen molar-refractivity contribution < 1.29 is 9.52 Å². The van der Waals surface area contributed by atoms with E-state index in [1.54, 1.807) is 0 Å². The van der Waals surface area contributed by atoms with E-state index in [1.807, 2.05) is 19.1 Å². The average molecular weight is 272 g/mol. The lowest BCUT2D eigenvalue weighted by Crippen LogP contribution is -2.11. The van der Waals surface area contributed by atoms with Gasteiger partial charge in [0.15, 0.2) is 0 Å². The van der Waals surface area contributed by atoms with Crippen LogP contribution >= 0.6 is 0 Å². The first-order valence-corrected chi connectivity index (χ1v) is 7.26. The molecule has 0 saturated heterocycles. The standard InChI is InChI=1S/C18H24O2/c1-5-15-10-11-17(20-15)16(19)12-13-6-8-14(9-7-13)18(2,3)4/h6-11,16,19H,5,12H2,1-4H3. The van der Waals surface area contributed by atoms with Crippen molar-refractivity contribution in [1.82, 2.24) is 0 Å². The van der Waals surface area contributed by atoms with E-state index in [9.17, 15) is 5.11 Å². The van der Waals surface area contributed by atoms with Crippen molar-refractivity contribution in [2.24, 2.45) is 0 Å². The summed E-state index contributed by atoms with van der Waals surface area (Å²) in [6.45, 7) is 8.64. The van der Waals surface area contributed by atoms with E-state index in [-0.39, 0.29) is 5.41 Å². The minimum atomic E-state index is -0.573. The third-order valence-electron chi connectivity index (χ3n) is 3.61. The van der Waals surface area contributed by atoms with Gasteiger partial charge in [0, 0.05) is 12.8 Å². The zero-order chi connectivity index (χ0) is 14.8. The van der Waals surface area contributed by atoms with Gasteiger partial charge in [0.2, 0.25) is 0 Å². The number of aliphatic hydroxyl groups excluding tert-OH is 1. The summed E-state index contributed by atoms with van der Waals surface area (Å²) in [5.74, 6) is 1.57. The van der Waals surface area contributed by atoms with Crippen LogP contribution < -0.4 is 0 Å². The third kappa shape index (κ3) is 3.51. The van der Waals surface area contributed by atoms with E-state index in [2.05, 4.69) is 45.0 Å². The van der Waals surface area contributed by atoms with E-state index >= 15 is 0 Å². The van der Waals surface area contributed by atoms with Crippen LogP contribution in [-0.2, 0) is 18.3 Å². The number of aliphatic hydroxyl groups is 1. The molecule has 1 aromatic carbocycles. The highest BCUT2D eigenvalue weighted by Gasteiger charge is 2.15. The van der Waals surface area contributed by atoms with Crippen LogP contribution in [0.25, 0.3) is 0 Å². The zero-order valence-corrected chi connectivity index (χ0v) is 12.8. The summed E-state index contributed by atoms with van der Waals surface area (Å²) < 4.78 is 5.59. The molecule has 0 amide bonds. The van der Waals surface area contributed by atoms with E-state index < -0.39 is 6.10 Å². The van der Waals surface area contributed by atoms with E-state index in [1.165, 1.54) is 5.56 Å². The first kappa shape index (κ1) is 14.9. The minimum absolute atomic E-state index is 0.161. The van der Waals surface area contributed by atoms with Crippen molar-refractivity contribution in [3.63, 3.8) is 0 Å². The Morgan fingerprint density at radius 3 is 2.20 bits per heavy atom. The van der Waals surface area contributed by atoms with Gasteiger partial charge >= 0.3 is 0 Å². The normalized spacial score (nSPS) is 13.4. The summed E-state index contributed by atoms with van der Waals surface area (Å²) in [7, 11) is 0. The number of furan rings is 1. The van der Waals surface area contributed by atoms with Crippen molar-refractivity contribution in [1.29, 1.82) is 0 Å². The van der Waals surface area contributed by atoms with Gasteiger partial charge < -0.3 is 9.52 Å². The van der Waals surface area contributed by atoms with Gasteiger partial charge in [-0.2, -0.15) is 0 Å². The molecule has 108 valence electrons. The van der Waals surface area contributed by atoms with Crippen molar-refractivity contribution >= 4 is 0 Å². The average Bonchev–Trinajstić information content (AvgIpc) is 2.87. The Labute approximate surface area is 121 Å². The zero-order valence-electron chi connectivity index (χ0n) is 12.8.